The van der Waals surface area contributed by atoms with Gasteiger partial charge in [-0.1, -0.05) is 12.1 Å². The summed E-state index contributed by atoms with van der Waals surface area (Å²) in [6, 6.07) is 8.88. The lowest BCUT2D eigenvalue weighted by molar-refractivity contribution is 0.0525. The van der Waals surface area contributed by atoms with Gasteiger partial charge in [0, 0.05) is 5.69 Å². The molecule has 0 radical (unpaired) electrons. The molecule has 2 heterocycles. The van der Waals surface area contributed by atoms with Crippen LogP contribution in [0.4, 0.5) is 5.69 Å². The van der Waals surface area contributed by atoms with E-state index in [-0.39, 0.29) is 18.7 Å². The topological polar surface area (TPSA) is 94.5 Å². The number of hydrogen-bond donors (Lipinski definition) is 2. The number of nitrogens with zero attached hydrogens (tertiary/aromatic N) is 1. The van der Waals surface area contributed by atoms with Crippen molar-refractivity contribution in [3.8, 4) is 5.75 Å². The first-order valence-corrected chi connectivity index (χ1v) is 8.25. The van der Waals surface area contributed by atoms with Crippen LogP contribution in [0.5, 0.6) is 5.75 Å². The lowest BCUT2D eigenvalue weighted by Gasteiger charge is -2.12. The number of hydrogen-bond acceptors (Lipinski definition) is 6. The number of nitrogen functional groups attached to an aromatic ring is 1. The van der Waals surface area contributed by atoms with Crippen LogP contribution in [-0.4, -0.2) is 22.2 Å². The minimum absolute atomic E-state index is 0.0691. The van der Waals surface area contributed by atoms with Gasteiger partial charge in [-0.05, 0) is 36.1 Å². The Labute approximate surface area is 141 Å². The highest BCUT2D eigenvalue weighted by molar-refractivity contribution is 7.17. The van der Waals surface area contributed by atoms with E-state index in [1.54, 1.807) is 30.5 Å². The number of ether oxygens (including phenoxy) is 1. The number of anilines is 1. The Balaban J connectivity index is 2.16. The SMILES string of the molecule is CCOC(=O)c1c(O)c(=O)n(Cc2ccc(N)cc2)c2ccsc12. The van der Waals surface area contributed by atoms with Crippen LogP contribution in [0.2, 0.25) is 0 Å². The zero-order valence-corrected chi connectivity index (χ0v) is 13.8. The van der Waals surface area contributed by atoms with Crippen LogP contribution in [0.25, 0.3) is 10.2 Å². The Hall–Kier alpha value is -2.80. The quantitative estimate of drug-likeness (QED) is 0.560. The molecular weight excluding hydrogens is 328 g/mol. The van der Waals surface area contributed by atoms with E-state index >= 15 is 0 Å². The molecule has 0 fully saturated rings. The van der Waals surface area contributed by atoms with E-state index in [1.807, 2.05) is 12.1 Å². The van der Waals surface area contributed by atoms with E-state index in [0.29, 0.717) is 15.9 Å². The van der Waals surface area contributed by atoms with Crippen molar-refractivity contribution in [1.82, 2.24) is 4.57 Å². The summed E-state index contributed by atoms with van der Waals surface area (Å²) >= 11 is 1.28. The minimum atomic E-state index is -0.695. The number of rotatable bonds is 4. The van der Waals surface area contributed by atoms with Crippen molar-refractivity contribution in [2.24, 2.45) is 0 Å². The summed E-state index contributed by atoms with van der Waals surface area (Å²) in [4.78, 5) is 24.7. The molecule has 24 heavy (non-hydrogen) atoms. The van der Waals surface area contributed by atoms with Gasteiger partial charge in [-0.3, -0.25) is 9.36 Å². The van der Waals surface area contributed by atoms with Crippen molar-refractivity contribution in [1.29, 1.82) is 0 Å². The summed E-state index contributed by atoms with van der Waals surface area (Å²) < 4.78 is 6.93. The summed E-state index contributed by atoms with van der Waals surface area (Å²) in [5.74, 6) is -1.28. The molecule has 0 atom stereocenters. The van der Waals surface area contributed by atoms with E-state index in [0.717, 1.165) is 5.56 Å². The van der Waals surface area contributed by atoms with E-state index in [1.165, 1.54) is 15.9 Å². The Bertz CT molecular complexity index is 957. The van der Waals surface area contributed by atoms with Crippen molar-refractivity contribution in [3.63, 3.8) is 0 Å². The molecule has 0 spiro atoms. The summed E-state index contributed by atoms with van der Waals surface area (Å²) in [5.41, 5.74) is 7.06. The van der Waals surface area contributed by atoms with Gasteiger partial charge in [-0.15, -0.1) is 11.3 Å². The first-order valence-electron chi connectivity index (χ1n) is 7.37. The summed E-state index contributed by atoms with van der Waals surface area (Å²) in [6.45, 7) is 2.10. The molecule has 124 valence electrons. The first-order chi connectivity index (χ1) is 11.5. The first kappa shape index (κ1) is 16.1. The number of thiophene rings is 1. The fourth-order valence-electron chi connectivity index (χ4n) is 2.51. The average molecular weight is 344 g/mol. The fourth-order valence-corrected chi connectivity index (χ4v) is 3.44. The van der Waals surface area contributed by atoms with Crippen LogP contribution >= 0.6 is 11.3 Å². The maximum absolute atomic E-state index is 12.6. The van der Waals surface area contributed by atoms with Crippen molar-refractivity contribution in [2.45, 2.75) is 13.5 Å². The largest absolute Gasteiger partial charge is 0.502 e. The van der Waals surface area contributed by atoms with E-state index in [9.17, 15) is 14.7 Å². The third-order valence-corrected chi connectivity index (χ3v) is 4.57. The van der Waals surface area contributed by atoms with Crippen molar-refractivity contribution >= 4 is 33.2 Å². The van der Waals surface area contributed by atoms with E-state index in [2.05, 4.69) is 0 Å². The Morgan fingerprint density at radius 1 is 1.29 bits per heavy atom. The fraction of sp³-hybridized carbons (Fsp3) is 0.176. The summed E-state index contributed by atoms with van der Waals surface area (Å²) in [7, 11) is 0. The van der Waals surface area contributed by atoms with Crippen molar-refractivity contribution in [2.75, 3.05) is 12.3 Å². The smallest absolute Gasteiger partial charge is 0.343 e. The zero-order valence-electron chi connectivity index (χ0n) is 13.0. The van der Waals surface area contributed by atoms with Crippen LogP contribution in [0, 0.1) is 0 Å². The van der Waals surface area contributed by atoms with Gasteiger partial charge in [-0.25, -0.2) is 4.79 Å². The Kier molecular flexibility index (Phi) is 4.26. The third-order valence-electron chi connectivity index (χ3n) is 3.65. The number of carbonyl (C=O) groups is 1. The molecule has 0 amide bonds. The third kappa shape index (κ3) is 2.74. The molecule has 0 bridgehead atoms. The van der Waals surface area contributed by atoms with Crippen LogP contribution in [0.3, 0.4) is 0 Å². The molecule has 0 aliphatic rings. The van der Waals surface area contributed by atoms with Crippen LogP contribution < -0.4 is 11.3 Å². The monoisotopic (exact) mass is 344 g/mol. The van der Waals surface area contributed by atoms with Crippen molar-refractivity contribution < 1.29 is 14.6 Å². The number of carbonyl (C=O) groups excluding carboxylic acids is 1. The van der Waals surface area contributed by atoms with Crippen LogP contribution in [0.1, 0.15) is 22.8 Å². The van der Waals surface area contributed by atoms with E-state index < -0.39 is 17.3 Å². The molecule has 2 aromatic heterocycles. The highest BCUT2D eigenvalue weighted by atomic mass is 32.1. The normalized spacial score (nSPS) is 10.9. The molecule has 0 saturated heterocycles. The molecule has 3 aromatic rings. The number of pyridine rings is 1. The second kappa shape index (κ2) is 6.37. The molecule has 0 aliphatic heterocycles. The highest BCUT2D eigenvalue weighted by Gasteiger charge is 2.23. The second-order valence-corrected chi connectivity index (χ2v) is 6.13. The molecule has 1 aromatic carbocycles. The molecule has 0 unspecified atom stereocenters. The molecule has 6 nitrogen and oxygen atoms in total. The number of aromatic nitrogens is 1. The number of fused-ring (bicyclic) bond motifs is 1. The van der Waals surface area contributed by atoms with Crippen LogP contribution in [-0.2, 0) is 11.3 Å². The van der Waals surface area contributed by atoms with Gasteiger partial charge in [-0.2, -0.15) is 0 Å². The van der Waals surface area contributed by atoms with Gasteiger partial charge < -0.3 is 15.6 Å². The van der Waals surface area contributed by atoms with Gasteiger partial charge in [0.05, 0.1) is 23.4 Å². The standard InChI is InChI=1S/C17H16N2O4S/c1-2-23-17(22)13-14(20)16(21)19(12-7-8-24-15(12)13)9-10-3-5-11(18)6-4-10/h3-8,20H,2,9,18H2,1H3. The number of benzene rings is 1. The van der Waals surface area contributed by atoms with Gasteiger partial charge in [0.2, 0.25) is 0 Å². The molecule has 3 rings (SSSR count). The molecule has 0 aliphatic carbocycles. The summed E-state index contributed by atoms with van der Waals surface area (Å²) in [5, 5.41) is 12.0. The molecule has 3 N–H and O–H groups in total. The predicted molar refractivity (Wildman–Crippen MR) is 93.7 cm³/mol. The molecule has 7 heteroatoms. The maximum Gasteiger partial charge on any atom is 0.343 e. The molecular formula is C17H16N2O4S. The number of nitrogens with two attached hydrogens (primary N) is 1. The van der Waals surface area contributed by atoms with Gasteiger partial charge in [0.1, 0.15) is 5.56 Å². The zero-order chi connectivity index (χ0) is 17.3. The number of esters is 1. The van der Waals surface area contributed by atoms with Gasteiger partial charge >= 0.3 is 5.97 Å². The minimum Gasteiger partial charge on any atom is -0.502 e. The Morgan fingerprint density at radius 2 is 2.00 bits per heavy atom. The Morgan fingerprint density at radius 3 is 2.67 bits per heavy atom. The lowest BCUT2D eigenvalue weighted by atomic mass is 10.1. The van der Waals surface area contributed by atoms with Gasteiger partial charge in [0.15, 0.2) is 5.75 Å². The highest BCUT2D eigenvalue weighted by Crippen LogP contribution is 2.29. The van der Waals surface area contributed by atoms with Crippen LogP contribution in [0.15, 0.2) is 40.5 Å². The molecule has 0 saturated carbocycles. The lowest BCUT2D eigenvalue weighted by Crippen LogP contribution is -2.23. The second-order valence-electron chi connectivity index (χ2n) is 5.21. The average Bonchev–Trinajstić information content (AvgIpc) is 3.03. The van der Waals surface area contributed by atoms with E-state index in [4.69, 9.17) is 10.5 Å². The predicted octanol–water partition coefficient (Wildman–Crippen LogP) is 2.58. The van der Waals surface area contributed by atoms with Crippen molar-refractivity contribution in [3.05, 3.63) is 57.2 Å². The maximum atomic E-state index is 12.6. The number of aromatic hydroxyl groups is 1. The summed E-state index contributed by atoms with van der Waals surface area (Å²) in [6.07, 6.45) is 0. The van der Waals surface area contributed by atoms with Gasteiger partial charge in [0.25, 0.3) is 5.56 Å².